The van der Waals surface area contributed by atoms with Gasteiger partial charge in [0.1, 0.15) is 0 Å². The van der Waals surface area contributed by atoms with E-state index in [9.17, 15) is 9.59 Å². The number of aryl methyl sites for hydroxylation is 2. The number of carbonyl (C=O) groups is 2. The first-order valence-corrected chi connectivity index (χ1v) is 9.85. The van der Waals surface area contributed by atoms with E-state index in [1.165, 1.54) is 0 Å². The summed E-state index contributed by atoms with van der Waals surface area (Å²) in [5.74, 6) is -0.620. The molecule has 3 aromatic rings. The second-order valence-electron chi connectivity index (χ2n) is 6.74. The number of anilines is 2. The van der Waals surface area contributed by atoms with Gasteiger partial charge in [0, 0.05) is 29.4 Å². The Morgan fingerprint density at radius 3 is 2.85 bits per heavy atom. The number of benzene rings is 2. The molecule has 1 N–H and O–H groups in total. The summed E-state index contributed by atoms with van der Waals surface area (Å²) in [7, 11) is 0. The summed E-state index contributed by atoms with van der Waals surface area (Å²) in [5.41, 5.74) is 3.25. The zero-order valence-corrected chi connectivity index (χ0v) is 16.5. The summed E-state index contributed by atoms with van der Waals surface area (Å²) < 4.78 is 1.09. The van der Waals surface area contributed by atoms with Crippen molar-refractivity contribution in [3.63, 3.8) is 0 Å². The van der Waals surface area contributed by atoms with Crippen LogP contribution in [0.15, 0.2) is 36.4 Å². The van der Waals surface area contributed by atoms with Crippen LogP contribution in [-0.2, 0) is 9.59 Å². The second-order valence-corrected chi connectivity index (χ2v) is 8.39. The van der Waals surface area contributed by atoms with Gasteiger partial charge < -0.3 is 10.2 Å². The lowest BCUT2D eigenvalue weighted by Gasteiger charge is -2.17. The van der Waals surface area contributed by atoms with Gasteiger partial charge in [0.15, 0.2) is 0 Å². The lowest BCUT2D eigenvalue weighted by molar-refractivity contribution is -0.122. The lowest BCUT2D eigenvalue weighted by Crippen LogP contribution is -2.28. The quantitative estimate of drug-likeness (QED) is 0.702. The van der Waals surface area contributed by atoms with Gasteiger partial charge in [-0.3, -0.25) is 9.59 Å². The minimum absolute atomic E-state index is 0.0524. The van der Waals surface area contributed by atoms with E-state index in [2.05, 4.69) is 10.3 Å². The molecule has 0 aliphatic carbocycles. The van der Waals surface area contributed by atoms with Crippen molar-refractivity contribution in [1.82, 2.24) is 4.98 Å². The van der Waals surface area contributed by atoms with Crippen molar-refractivity contribution in [2.24, 2.45) is 5.92 Å². The van der Waals surface area contributed by atoms with Gasteiger partial charge in [-0.25, -0.2) is 4.98 Å². The largest absolute Gasteiger partial charge is 0.326 e. The van der Waals surface area contributed by atoms with Crippen LogP contribution in [0.4, 0.5) is 11.4 Å². The Hall–Kier alpha value is -2.44. The molecule has 2 amide bonds. The number of fused-ring (bicyclic) bond motifs is 1. The Balaban J connectivity index is 1.50. The molecule has 1 saturated heterocycles. The zero-order chi connectivity index (χ0) is 19.1. The second kappa shape index (κ2) is 6.94. The minimum atomic E-state index is -0.398. The first kappa shape index (κ1) is 17.9. The van der Waals surface area contributed by atoms with Gasteiger partial charge >= 0.3 is 0 Å². The molecule has 1 unspecified atom stereocenters. The molecule has 138 valence electrons. The van der Waals surface area contributed by atoms with Gasteiger partial charge in [0.25, 0.3) is 0 Å². The molecule has 0 saturated carbocycles. The van der Waals surface area contributed by atoms with Crippen LogP contribution < -0.4 is 10.2 Å². The number of halogens is 1. The number of rotatable bonds is 3. The smallest absolute Gasteiger partial charge is 0.229 e. The molecule has 0 radical (unpaired) electrons. The molecule has 1 aliphatic heterocycles. The number of hydrogen-bond acceptors (Lipinski definition) is 4. The van der Waals surface area contributed by atoms with Gasteiger partial charge in [-0.2, -0.15) is 0 Å². The molecule has 5 nitrogen and oxygen atoms in total. The Kier molecular flexibility index (Phi) is 4.61. The van der Waals surface area contributed by atoms with Crippen molar-refractivity contribution in [2.75, 3.05) is 16.8 Å². The molecule has 1 aromatic heterocycles. The van der Waals surface area contributed by atoms with Gasteiger partial charge in [0.2, 0.25) is 11.8 Å². The molecule has 0 spiro atoms. The number of nitrogens with one attached hydrogen (secondary N) is 1. The third-order valence-electron chi connectivity index (χ3n) is 4.72. The van der Waals surface area contributed by atoms with Crippen LogP contribution in [0.5, 0.6) is 0 Å². The van der Waals surface area contributed by atoms with Crippen LogP contribution in [0.2, 0.25) is 5.02 Å². The number of carbonyl (C=O) groups excluding carboxylic acids is 2. The summed E-state index contributed by atoms with van der Waals surface area (Å²) in [6.07, 6.45) is 0.194. The molecule has 27 heavy (non-hydrogen) atoms. The highest BCUT2D eigenvalue weighted by molar-refractivity contribution is 7.18. The van der Waals surface area contributed by atoms with Gasteiger partial charge in [-0.15, -0.1) is 11.3 Å². The summed E-state index contributed by atoms with van der Waals surface area (Å²) in [5, 5.41) is 4.45. The van der Waals surface area contributed by atoms with Gasteiger partial charge in [-0.1, -0.05) is 17.7 Å². The topological polar surface area (TPSA) is 62.3 Å². The monoisotopic (exact) mass is 399 g/mol. The molecule has 2 heterocycles. The predicted molar refractivity (Wildman–Crippen MR) is 110 cm³/mol. The standard InChI is InChI=1S/C20H18ClN3O2S/c1-11-3-4-14(8-16(11)21)23-20(26)13-7-19(25)24(10-13)15-5-6-18-17(9-15)22-12(2)27-18/h3-6,8-9,13H,7,10H2,1-2H3,(H,23,26). The highest BCUT2D eigenvalue weighted by atomic mass is 35.5. The van der Waals surface area contributed by atoms with Crippen LogP contribution in [0.25, 0.3) is 10.2 Å². The van der Waals surface area contributed by atoms with Crippen molar-refractivity contribution in [3.8, 4) is 0 Å². The number of nitrogens with zero attached hydrogens (tertiary/aromatic N) is 2. The van der Waals surface area contributed by atoms with Crippen LogP contribution in [-0.4, -0.2) is 23.3 Å². The molecule has 1 fully saturated rings. The maximum Gasteiger partial charge on any atom is 0.229 e. The van der Waals surface area contributed by atoms with Crippen molar-refractivity contribution >= 4 is 56.3 Å². The highest BCUT2D eigenvalue weighted by Gasteiger charge is 2.35. The summed E-state index contributed by atoms with van der Waals surface area (Å²) in [4.78, 5) is 31.2. The first-order chi connectivity index (χ1) is 12.9. The van der Waals surface area contributed by atoms with E-state index in [1.807, 2.05) is 44.2 Å². The Labute approximate surface area is 166 Å². The third kappa shape index (κ3) is 3.55. The fraction of sp³-hybridized carbons (Fsp3) is 0.250. The van der Waals surface area contributed by atoms with E-state index in [0.717, 1.165) is 26.5 Å². The molecule has 2 aromatic carbocycles. The Bertz CT molecular complexity index is 1060. The molecule has 1 atom stereocenters. The number of aromatic nitrogens is 1. The maximum atomic E-state index is 12.6. The zero-order valence-electron chi connectivity index (χ0n) is 15.0. The normalized spacial score (nSPS) is 16.9. The number of amides is 2. The van der Waals surface area contributed by atoms with Crippen molar-refractivity contribution < 1.29 is 9.59 Å². The molecule has 1 aliphatic rings. The SMILES string of the molecule is Cc1nc2cc(N3CC(C(=O)Nc4ccc(C)c(Cl)c4)CC3=O)ccc2s1. The van der Waals surface area contributed by atoms with E-state index in [4.69, 9.17) is 11.6 Å². The van der Waals surface area contributed by atoms with Gasteiger partial charge in [0.05, 0.1) is 21.1 Å². The number of thiazole rings is 1. The van der Waals surface area contributed by atoms with Crippen LogP contribution >= 0.6 is 22.9 Å². The molecule has 4 rings (SSSR count). The van der Waals surface area contributed by atoms with E-state index in [-0.39, 0.29) is 18.2 Å². The molecular weight excluding hydrogens is 382 g/mol. The molecule has 7 heteroatoms. The summed E-state index contributed by atoms with van der Waals surface area (Å²) in [6, 6.07) is 11.2. The van der Waals surface area contributed by atoms with Crippen molar-refractivity contribution in [2.45, 2.75) is 20.3 Å². The fourth-order valence-electron chi connectivity index (χ4n) is 3.25. The van der Waals surface area contributed by atoms with E-state index in [1.54, 1.807) is 22.3 Å². The third-order valence-corrected chi connectivity index (χ3v) is 6.08. The average Bonchev–Trinajstić information content (AvgIpc) is 3.19. The van der Waals surface area contributed by atoms with E-state index < -0.39 is 5.92 Å². The lowest BCUT2D eigenvalue weighted by atomic mass is 10.1. The Morgan fingerprint density at radius 1 is 1.26 bits per heavy atom. The summed E-state index contributed by atoms with van der Waals surface area (Å²) >= 11 is 7.74. The minimum Gasteiger partial charge on any atom is -0.326 e. The molecule has 0 bridgehead atoms. The first-order valence-electron chi connectivity index (χ1n) is 8.65. The van der Waals surface area contributed by atoms with Crippen LogP contribution in [0, 0.1) is 19.8 Å². The summed E-state index contributed by atoms with van der Waals surface area (Å²) in [6.45, 7) is 4.23. The van der Waals surface area contributed by atoms with E-state index >= 15 is 0 Å². The van der Waals surface area contributed by atoms with Gasteiger partial charge in [-0.05, 0) is 49.7 Å². The van der Waals surface area contributed by atoms with Crippen LogP contribution in [0.3, 0.4) is 0 Å². The van der Waals surface area contributed by atoms with Crippen molar-refractivity contribution in [3.05, 3.63) is 52.0 Å². The highest BCUT2D eigenvalue weighted by Crippen LogP contribution is 2.31. The van der Waals surface area contributed by atoms with Crippen LogP contribution in [0.1, 0.15) is 17.0 Å². The van der Waals surface area contributed by atoms with E-state index in [0.29, 0.717) is 17.3 Å². The average molecular weight is 400 g/mol. The number of hydrogen-bond donors (Lipinski definition) is 1. The fourth-order valence-corrected chi connectivity index (χ4v) is 4.23. The molecular formula is C20H18ClN3O2S. The van der Waals surface area contributed by atoms with Crippen molar-refractivity contribution in [1.29, 1.82) is 0 Å². The predicted octanol–water partition coefficient (Wildman–Crippen LogP) is 4.56. The maximum absolute atomic E-state index is 12.6. The Morgan fingerprint density at radius 2 is 2.07 bits per heavy atom.